The Kier molecular flexibility index (Phi) is 7.22. The zero-order valence-corrected chi connectivity index (χ0v) is 16.8. The number of carbonyl (C=O) groups excluding carboxylic acids is 1. The molecular formula is C21H21NO11. The van der Waals surface area contributed by atoms with Crippen LogP contribution in [0.2, 0.25) is 0 Å². The van der Waals surface area contributed by atoms with E-state index in [-0.39, 0.29) is 5.75 Å². The molecule has 12 heteroatoms. The van der Waals surface area contributed by atoms with Crippen LogP contribution < -0.4 is 0 Å². The van der Waals surface area contributed by atoms with E-state index in [1.807, 2.05) is 6.07 Å². The van der Waals surface area contributed by atoms with E-state index < -0.39 is 72.2 Å². The summed E-state index contributed by atoms with van der Waals surface area (Å²) in [4.78, 5) is 12.6. The summed E-state index contributed by atoms with van der Waals surface area (Å²) in [6.07, 6.45) is -9.50. The van der Waals surface area contributed by atoms with E-state index >= 15 is 0 Å². The fourth-order valence-electron chi connectivity index (χ4n) is 3.17. The number of aliphatic hydroxyl groups excluding tert-OH is 3. The van der Waals surface area contributed by atoms with Gasteiger partial charge in [0.25, 0.3) is 0 Å². The lowest BCUT2D eigenvalue weighted by Crippen LogP contribution is -2.60. The molecule has 1 aliphatic rings. The second kappa shape index (κ2) is 9.90. The molecule has 0 amide bonds. The fourth-order valence-corrected chi connectivity index (χ4v) is 3.17. The summed E-state index contributed by atoms with van der Waals surface area (Å²) in [7, 11) is 0. The minimum Gasteiger partial charge on any atom is -0.508 e. The lowest BCUT2D eigenvalue weighted by atomic mass is 9.98. The highest BCUT2D eigenvalue weighted by atomic mass is 16.7. The first-order valence-corrected chi connectivity index (χ1v) is 9.58. The number of nitriles is 1. The largest absolute Gasteiger partial charge is 0.508 e. The van der Waals surface area contributed by atoms with Gasteiger partial charge in [0.1, 0.15) is 24.1 Å². The number of esters is 1. The summed E-state index contributed by atoms with van der Waals surface area (Å²) in [5, 5.41) is 77.7. The third-order valence-electron chi connectivity index (χ3n) is 4.96. The summed E-state index contributed by atoms with van der Waals surface area (Å²) >= 11 is 0. The van der Waals surface area contributed by atoms with Crippen LogP contribution in [0.25, 0.3) is 0 Å². The molecule has 1 aliphatic heterocycles. The minimum atomic E-state index is -1.82. The Bertz CT molecular complexity index is 1010. The second-order valence-electron chi connectivity index (χ2n) is 7.18. The minimum absolute atomic E-state index is 0.0598. The van der Waals surface area contributed by atoms with E-state index in [9.17, 15) is 45.8 Å². The molecule has 7 N–H and O–H groups in total. The number of nitrogens with zero attached hydrogens (tertiary/aromatic N) is 1. The van der Waals surface area contributed by atoms with E-state index in [0.717, 1.165) is 12.1 Å². The van der Waals surface area contributed by atoms with E-state index in [4.69, 9.17) is 14.2 Å². The lowest BCUT2D eigenvalue weighted by molar-refractivity contribution is -0.306. The maximum atomic E-state index is 12.6. The SMILES string of the molecule is N#C[C@@H](O[C@@H]1O[C@H](CO)[C@@H](O)C(O)[C@H]1OC(=O)c1cc(O)c(O)c(O)c1)c1ccc(O)cc1. The molecule has 12 nitrogen and oxygen atoms in total. The van der Waals surface area contributed by atoms with Gasteiger partial charge in [0.05, 0.1) is 18.2 Å². The van der Waals surface area contributed by atoms with Crippen LogP contribution in [-0.4, -0.2) is 79.0 Å². The third kappa shape index (κ3) is 5.08. The summed E-state index contributed by atoms with van der Waals surface area (Å²) in [5.74, 6) is -3.74. The Balaban J connectivity index is 1.88. The predicted molar refractivity (Wildman–Crippen MR) is 106 cm³/mol. The Hall–Kier alpha value is -3.60. The average molecular weight is 463 g/mol. The summed E-state index contributed by atoms with van der Waals surface area (Å²) < 4.78 is 16.2. The van der Waals surface area contributed by atoms with Gasteiger partial charge in [0, 0.05) is 0 Å². The van der Waals surface area contributed by atoms with E-state index in [1.54, 1.807) is 0 Å². The molecule has 33 heavy (non-hydrogen) atoms. The number of phenolic OH excluding ortho intramolecular Hbond substituents is 4. The van der Waals surface area contributed by atoms with Gasteiger partial charge in [0.15, 0.2) is 35.7 Å². The van der Waals surface area contributed by atoms with Crippen molar-refractivity contribution in [2.45, 2.75) is 36.8 Å². The Morgan fingerprint density at radius 1 is 1.06 bits per heavy atom. The first kappa shape index (κ1) is 24.1. The number of benzene rings is 2. The second-order valence-corrected chi connectivity index (χ2v) is 7.18. The number of hydrogen-bond donors (Lipinski definition) is 7. The number of phenols is 4. The molecule has 0 bridgehead atoms. The first-order chi connectivity index (χ1) is 15.7. The maximum Gasteiger partial charge on any atom is 0.338 e. The smallest absolute Gasteiger partial charge is 0.338 e. The molecule has 0 saturated carbocycles. The number of ether oxygens (including phenoxy) is 3. The zero-order chi connectivity index (χ0) is 24.3. The van der Waals surface area contributed by atoms with Crippen molar-refractivity contribution in [1.29, 1.82) is 5.26 Å². The first-order valence-electron chi connectivity index (χ1n) is 9.58. The van der Waals surface area contributed by atoms with Gasteiger partial charge in [-0.3, -0.25) is 0 Å². The number of aliphatic hydroxyl groups is 3. The van der Waals surface area contributed by atoms with Crippen LogP contribution in [0.15, 0.2) is 36.4 Å². The molecule has 0 spiro atoms. The van der Waals surface area contributed by atoms with Crippen molar-refractivity contribution in [1.82, 2.24) is 0 Å². The summed E-state index contributed by atoms with van der Waals surface area (Å²) in [5.41, 5.74) is -0.124. The maximum absolute atomic E-state index is 12.6. The number of carbonyl (C=O) groups is 1. The molecule has 1 fully saturated rings. The molecule has 2 aromatic carbocycles. The van der Waals surface area contributed by atoms with Gasteiger partial charge in [0.2, 0.25) is 0 Å². The van der Waals surface area contributed by atoms with Crippen molar-refractivity contribution in [3.63, 3.8) is 0 Å². The van der Waals surface area contributed by atoms with Crippen molar-refractivity contribution in [3.05, 3.63) is 47.5 Å². The van der Waals surface area contributed by atoms with Crippen molar-refractivity contribution in [2.24, 2.45) is 0 Å². The molecule has 1 unspecified atom stereocenters. The van der Waals surface area contributed by atoms with Gasteiger partial charge in [-0.25, -0.2) is 4.79 Å². The van der Waals surface area contributed by atoms with Crippen LogP contribution in [0.1, 0.15) is 22.0 Å². The molecule has 176 valence electrons. The molecule has 3 rings (SSSR count). The Morgan fingerprint density at radius 2 is 1.67 bits per heavy atom. The standard InChI is InChI=1S/C21H21NO11/c22-7-14(9-1-3-11(24)4-2-9)31-21-19(18(29)17(28)15(8-23)32-21)33-20(30)10-5-12(25)16(27)13(26)6-10/h1-6,14-15,17-19,21,23-29H,8H2/t14-,15-,17-,18?,19-,21-/m1/s1. The monoisotopic (exact) mass is 463 g/mol. The molecule has 1 saturated heterocycles. The zero-order valence-electron chi connectivity index (χ0n) is 16.8. The highest BCUT2D eigenvalue weighted by Gasteiger charge is 2.48. The van der Waals surface area contributed by atoms with E-state index in [1.165, 1.54) is 24.3 Å². The van der Waals surface area contributed by atoms with Crippen LogP contribution in [0.3, 0.4) is 0 Å². The van der Waals surface area contributed by atoms with Crippen molar-refractivity contribution < 1.29 is 54.8 Å². The Morgan fingerprint density at radius 3 is 2.21 bits per heavy atom. The van der Waals surface area contributed by atoms with Crippen molar-refractivity contribution in [3.8, 4) is 29.1 Å². The molecule has 6 atom stereocenters. The molecule has 0 aromatic heterocycles. The van der Waals surface area contributed by atoms with Crippen LogP contribution in [0, 0.1) is 11.3 Å². The van der Waals surface area contributed by atoms with Crippen LogP contribution in [0.5, 0.6) is 23.0 Å². The van der Waals surface area contributed by atoms with Crippen LogP contribution in [0.4, 0.5) is 0 Å². The van der Waals surface area contributed by atoms with Gasteiger partial charge in [-0.1, -0.05) is 12.1 Å². The van der Waals surface area contributed by atoms with Crippen LogP contribution in [-0.2, 0) is 14.2 Å². The topological polar surface area (TPSA) is 210 Å². The fraction of sp³-hybridized carbons (Fsp3) is 0.333. The van der Waals surface area contributed by atoms with Crippen molar-refractivity contribution in [2.75, 3.05) is 6.61 Å². The van der Waals surface area contributed by atoms with E-state index in [0.29, 0.717) is 5.56 Å². The summed E-state index contributed by atoms with van der Waals surface area (Å²) in [6.45, 7) is -0.727. The van der Waals surface area contributed by atoms with Gasteiger partial charge < -0.3 is 50.0 Å². The van der Waals surface area contributed by atoms with E-state index in [2.05, 4.69) is 0 Å². The van der Waals surface area contributed by atoms with Crippen LogP contribution >= 0.6 is 0 Å². The highest BCUT2D eigenvalue weighted by Crippen LogP contribution is 2.36. The van der Waals surface area contributed by atoms with Gasteiger partial charge in [-0.15, -0.1) is 0 Å². The lowest BCUT2D eigenvalue weighted by Gasteiger charge is -2.41. The quantitative estimate of drug-likeness (QED) is 0.218. The van der Waals surface area contributed by atoms with Gasteiger partial charge >= 0.3 is 5.97 Å². The third-order valence-corrected chi connectivity index (χ3v) is 4.96. The number of aromatic hydroxyl groups is 4. The van der Waals surface area contributed by atoms with Crippen molar-refractivity contribution >= 4 is 5.97 Å². The molecule has 2 aromatic rings. The molecule has 0 radical (unpaired) electrons. The van der Waals surface area contributed by atoms with Gasteiger partial charge in [-0.05, 0) is 29.8 Å². The normalized spacial score (nSPS) is 25.7. The highest BCUT2D eigenvalue weighted by molar-refractivity contribution is 5.91. The number of hydrogen-bond acceptors (Lipinski definition) is 12. The van der Waals surface area contributed by atoms with Gasteiger partial charge in [-0.2, -0.15) is 5.26 Å². The molecule has 0 aliphatic carbocycles. The number of rotatable bonds is 6. The molecular weight excluding hydrogens is 442 g/mol. The average Bonchev–Trinajstić information content (AvgIpc) is 2.80. The Labute approximate surface area is 186 Å². The molecule has 1 heterocycles. The predicted octanol–water partition coefficient (Wildman–Crippen LogP) is -0.245. The summed E-state index contributed by atoms with van der Waals surface area (Å²) in [6, 6.07) is 8.84.